The van der Waals surface area contributed by atoms with Crippen molar-refractivity contribution >= 4 is 39.8 Å². The fourth-order valence-electron chi connectivity index (χ4n) is 1.71. The van der Waals surface area contributed by atoms with Crippen LogP contribution < -0.4 is 11.1 Å². The van der Waals surface area contributed by atoms with E-state index in [-0.39, 0.29) is 24.0 Å². The molecule has 0 bridgehead atoms. The molecule has 5 nitrogen and oxygen atoms in total. The number of halogens is 1. The molecular formula is C13H22IN3O2S. The van der Waals surface area contributed by atoms with E-state index in [1.54, 1.807) is 19.1 Å². The third-order valence-electron chi connectivity index (χ3n) is 2.63. The third-order valence-corrected chi connectivity index (χ3v) is 3.88. The van der Waals surface area contributed by atoms with Gasteiger partial charge in [-0.25, -0.2) is 13.4 Å². The summed E-state index contributed by atoms with van der Waals surface area (Å²) >= 11 is 0. The minimum atomic E-state index is -3.17. The fraction of sp³-hybridized carbons (Fsp3) is 0.462. The largest absolute Gasteiger partial charge is 0.370 e. The van der Waals surface area contributed by atoms with Crippen molar-refractivity contribution < 1.29 is 8.42 Å². The summed E-state index contributed by atoms with van der Waals surface area (Å²) in [6, 6.07) is 5.21. The monoisotopic (exact) mass is 411 g/mol. The summed E-state index contributed by atoms with van der Waals surface area (Å²) in [6.07, 6.45) is 2.19. The Morgan fingerprint density at radius 2 is 2.05 bits per heavy atom. The van der Waals surface area contributed by atoms with E-state index in [9.17, 15) is 8.42 Å². The Bertz CT molecular complexity index is 571. The van der Waals surface area contributed by atoms with Crippen molar-refractivity contribution in [2.75, 3.05) is 12.8 Å². The van der Waals surface area contributed by atoms with Gasteiger partial charge in [0.25, 0.3) is 0 Å². The first-order valence-electron chi connectivity index (χ1n) is 6.18. The van der Waals surface area contributed by atoms with Crippen molar-refractivity contribution in [3.8, 4) is 0 Å². The van der Waals surface area contributed by atoms with Crippen LogP contribution in [-0.2, 0) is 16.4 Å². The zero-order valence-electron chi connectivity index (χ0n) is 12.0. The highest BCUT2D eigenvalue weighted by Crippen LogP contribution is 2.17. The summed E-state index contributed by atoms with van der Waals surface area (Å²) in [6.45, 7) is 5.06. The Balaban J connectivity index is 0.00000361. The second kappa shape index (κ2) is 8.46. The molecule has 20 heavy (non-hydrogen) atoms. The van der Waals surface area contributed by atoms with Gasteiger partial charge in [-0.3, -0.25) is 0 Å². The molecule has 0 radical (unpaired) electrons. The van der Waals surface area contributed by atoms with Crippen molar-refractivity contribution in [3.05, 3.63) is 29.3 Å². The van der Waals surface area contributed by atoms with Crippen molar-refractivity contribution in [1.82, 2.24) is 5.32 Å². The number of nitrogens with zero attached hydrogens (tertiary/aromatic N) is 1. The number of aryl methyl sites for hydroxylation is 1. The van der Waals surface area contributed by atoms with Crippen LogP contribution in [0.2, 0.25) is 0 Å². The predicted octanol–water partition coefficient (Wildman–Crippen LogP) is 1.83. The molecule has 1 rings (SSSR count). The van der Waals surface area contributed by atoms with Crippen LogP contribution in [0.15, 0.2) is 28.1 Å². The first kappa shape index (κ1) is 19.2. The Morgan fingerprint density at radius 1 is 1.40 bits per heavy atom. The second-order valence-electron chi connectivity index (χ2n) is 4.50. The van der Waals surface area contributed by atoms with Crippen LogP contribution in [0, 0.1) is 6.92 Å². The molecule has 0 saturated heterocycles. The molecule has 0 atom stereocenters. The average Bonchev–Trinajstić information content (AvgIpc) is 2.32. The van der Waals surface area contributed by atoms with Gasteiger partial charge in [-0.15, -0.1) is 24.0 Å². The molecule has 0 aliphatic carbocycles. The molecule has 0 heterocycles. The molecule has 0 amide bonds. The van der Waals surface area contributed by atoms with Gasteiger partial charge in [0.05, 0.1) is 11.4 Å². The summed E-state index contributed by atoms with van der Waals surface area (Å²) in [4.78, 5) is 4.56. The zero-order valence-corrected chi connectivity index (χ0v) is 15.2. The first-order valence-corrected chi connectivity index (χ1v) is 8.07. The highest BCUT2D eigenvalue weighted by Gasteiger charge is 2.10. The minimum Gasteiger partial charge on any atom is -0.370 e. The maximum atomic E-state index is 11.5. The number of rotatable bonds is 5. The maximum Gasteiger partial charge on any atom is 0.188 e. The van der Waals surface area contributed by atoms with Gasteiger partial charge >= 0.3 is 0 Å². The summed E-state index contributed by atoms with van der Waals surface area (Å²) in [5.41, 5.74) is 7.36. The van der Waals surface area contributed by atoms with E-state index in [0.717, 1.165) is 24.1 Å². The van der Waals surface area contributed by atoms with Crippen molar-refractivity contribution in [2.24, 2.45) is 10.7 Å². The lowest BCUT2D eigenvalue weighted by Gasteiger charge is -2.07. The van der Waals surface area contributed by atoms with Crippen LogP contribution in [0.3, 0.4) is 0 Å². The molecule has 0 unspecified atom stereocenters. The molecule has 0 spiro atoms. The second-order valence-corrected chi connectivity index (χ2v) is 6.48. The standard InChI is InChI=1S/C13H21N3O2S.HI/c1-4-7-15-13(14)16-9-11-5-6-12(10(2)8-11)19(3,17)18;/h5-6,8H,4,7,9H2,1-3H3,(H3,14,15,16);1H. The molecule has 3 N–H and O–H groups in total. The molecule has 0 aliphatic heterocycles. The lowest BCUT2D eigenvalue weighted by atomic mass is 10.1. The molecule has 0 fully saturated rings. The van der Waals surface area contributed by atoms with Gasteiger partial charge in [-0.2, -0.15) is 0 Å². The van der Waals surface area contributed by atoms with Crippen LogP contribution in [0.25, 0.3) is 0 Å². The SMILES string of the molecule is CCCNC(N)=NCc1ccc(S(C)(=O)=O)c(C)c1.I. The maximum absolute atomic E-state index is 11.5. The third kappa shape index (κ3) is 6.08. The van der Waals surface area contributed by atoms with Gasteiger partial charge in [-0.1, -0.05) is 19.1 Å². The van der Waals surface area contributed by atoms with E-state index in [1.165, 1.54) is 6.26 Å². The van der Waals surface area contributed by atoms with Crippen molar-refractivity contribution in [1.29, 1.82) is 0 Å². The summed E-state index contributed by atoms with van der Waals surface area (Å²) < 4.78 is 23.0. The highest BCUT2D eigenvalue weighted by molar-refractivity contribution is 14.0. The van der Waals surface area contributed by atoms with E-state index < -0.39 is 9.84 Å². The zero-order chi connectivity index (χ0) is 14.5. The van der Waals surface area contributed by atoms with Gasteiger partial charge < -0.3 is 11.1 Å². The van der Waals surface area contributed by atoms with Crippen LogP contribution in [0.5, 0.6) is 0 Å². The number of guanidine groups is 1. The molecule has 7 heteroatoms. The molecule has 0 aliphatic rings. The van der Waals surface area contributed by atoms with E-state index in [1.807, 2.05) is 13.0 Å². The lowest BCUT2D eigenvalue weighted by molar-refractivity contribution is 0.601. The van der Waals surface area contributed by atoms with Crippen LogP contribution in [0.1, 0.15) is 24.5 Å². The highest BCUT2D eigenvalue weighted by atomic mass is 127. The number of sulfone groups is 1. The van der Waals surface area contributed by atoms with Crippen LogP contribution >= 0.6 is 24.0 Å². The molecular weight excluding hydrogens is 389 g/mol. The number of nitrogens with two attached hydrogens (primary N) is 1. The number of hydrogen-bond donors (Lipinski definition) is 2. The Morgan fingerprint density at radius 3 is 2.55 bits per heavy atom. The topological polar surface area (TPSA) is 84.5 Å². The van der Waals surface area contributed by atoms with Crippen LogP contribution in [-0.4, -0.2) is 27.2 Å². The number of nitrogens with one attached hydrogen (secondary N) is 1. The Hall–Kier alpha value is -0.830. The number of benzene rings is 1. The van der Waals surface area contributed by atoms with Gasteiger partial charge in [0, 0.05) is 12.8 Å². The van der Waals surface area contributed by atoms with Crippen LogP contribution in [0.4, 0.5) is 0 Å². The molecule has 0 aromatic heterocycles. The van der Waals surface area contributed by atoms with Gasteiger partial charge in [0.15, 0.2) is 15.8 Å². The normalized spacial score (nSPS) is 11.8. The van der Waals surface area contributed by atoms with E-state index in [0.29, 0.717) is 17.4 Å². The molecule has 114 valence electrons. The minimum absolute atomic E-state index is 0. The predicted molar refractivity (Wildman–Crippen MR) is 93.3 cm³/mol. The van der Waals surface area contributed by atoms with E-state index in [4.69, 9.17) is 5.73 Å². The first-order chi connectivity index (χ1) is 8.84. The summed E-state index contributed by atoms with van der Waals surface area (Å²) in [7, 11) is -3.17. The Labute approximate surface area is 138 Å². The molecule has 1 aromatic rings. The van der Waals surface area contributed by atoms with E-state index >= 15 is 0 Å². The molecule has 1 aromatic carbocycles. The van der Waals surface area contributed by atoms with Gasteiger partial charge in [0.2, 0.25) is 0 Å². The molecule has 0 saturated carbocycles. The van der Waals surface area contributed by atoms with Crippen molar-refractivity contribution in [2.45, 2.75) is 31.7 Å². The fourth-order valence-corrected chi connectivity index (χ4v) is 2.67. The van der Waals surface area contributed by atoms with Gasteiger partial charge in [-0.05, 0) is 30.5 Å². The number of aliphatic imine (C=N–C) groups is 1. The van der Waals surface area contributed by atoms with Crippen molar-refractivity contribution in [3.63, 3.8) is 0 Å². The van der Waals surface area contributed by atoms with E-state index in [2.05, 4.69) is 10.3 Å². The quantitative estimate of drug-likeness (QED) is 0.440. The Kier molecular flexibility index (Phi) is 8.10. The summed E-state index contributed by atoms with van der Waals surface area (Å²) in [5.74, 6) is 0.409. The smallest absolute Gasteiger partial charge is 0.188 e. The summed E-state index contributed by atoms with van der Waals surface area (Å²) in [5, 5.41) is 2.98. The van der Waals surface area contributed by atoms with Gasteiger partial charge in [0.1, 0.15) is 0 Å². The average molecular weight is 411 g/mol. The number of hydrogen-bond acceptors (Lipinski definition) is 3. The lowest BCUT2D eigenvalue weighted by Crippen LogP contribution is -2.32.